The summed E-state index contributed by atoms with van der Waals surface area (Å²) in [6.07, 6.45) is 0. The average Bonchev–Trinajstić information content (AvgIpc) is 3.27. The molecule has 0 aliphatic carbocycles. The van der Waals surface area contributed by atoms with Crippen LogP contribution in [0.1, 0.15) is 22.3 Å². The summed E-state index contributed by atoms with van der Waals surface area (Å²) >= 11 is 0. The summed E-state index contributed by atoms with van der Waals surface area (Å²) in [4.78, 5) is 14.4. The number of hydrogen-bond acceptors (Lipinski definition) is 5. The van der Waals surface area contributed by atoms with Crippen LogP contribution in [0.15, 0.2) is 102 Å². The van der Waals surface area contributed by atoms with Gasteiger partial charge < -0.3 is 20.9 Å². The number of nitrogens with two attached hydrogens (primary N) is 2. The Bertz CT molecular complexity index is 1690. The Morgan fingerprint density at radius 1 is 0.643 bits per heavy atom. The van der Waals surface area contributed by atoms with E-state index in [2.05, 4.69) is 0 Å². The van der Waals surface area contributed by atoms with Crippen molar-refractivity contribution in [2.24, 2.45) is 11.5 Å². The summed E-state index contributed by atoms with van der Waals surface area (Å²) in [5, 5.41) is 15.8. The summed E-state index contributed by atoms with van der Waals surface area (Å²) in [7, 11) is 3.22. The number of benzene rings is 4. The van der Waals surface area contributed by atoms with Gasteiger partial charge in [0.2, 0.25) is 0 Å². The standard InChI is InChI=1S/C33H32N6O3/c1-41-27-13-9-23(10-14-27)29-30(24-11-15-28(42-2)16-12-24)39(20-22-6-4-8-26(18-22)32(36)37)33(40)38(29)19-21-5-3-7-25(17-21)31(34)35/h3-18H,19-20H2,1-2H3,(H3,34,35)(H3,36,37). The van der Waals surface area contributed by atoms with Gasteiger partial charge in [0.05, 0.1) is 38.7 Å². The molecule has 1 heterocycles. The highest BCUT2D eigenvalue weighted by atomic mass is 16.5. The van der Waals surface area contributed by atoms with Crippen LogP contribution in [0.2, 0.25) is 0 Å². The van der Waals surface area contributed by atoms with Crippen molar-refractivity contribution >= 4 is 11.7 Å². The maximum Gasteiger partial charge on any atom is 0.329 e. The highest BCUT2D eigenvalue weighted by Crippen LogP contribution is 2.34. The molecule has 0 radical (unpaired) electrons. The smallest absolute Gasteiger partial charge is 0.329 e. The van der Waals surface area contributed by atoms with E-state index in [0.29, 0.717) is 22.6 Å². The lowest BCUT2D eigenvalue weighted by atomic mass is 10.0. The second-order valence-electron chi connectivity index (χ2n) is 9.84. The minimum absolute atomic E-state index is 0.0404. The third-order valence-electron chi connectivity index (χ3n) is 7.11. The van der Waals surface area contributed by atoms with E-state index in [-0.39, 0.29) is 30.5 Å². The zero-order valence-corrected chi connectivity index (χ0v) is 23.4. The fourth-order valence-electron chi connectivity index (χ4n) is 5.01. The van der Waals surface area contributed by atoms with Crippen molar-refractivity contribution in [3.63, 3.8) is 0 Å². The van der Waals surface area contributed by atoms with Crippen LogP contribution in [-0.4, -0.2) is 35.0 Å². The van der Waals surface area contributed by atoms with Gasteiger partial charge in [-0.3, -0.25) is 20.0 Å². The Balaban J connectivity index is 1.78. The van der Waals surface area contributed by atoms with Crippen molar-refractivity contribution in [1.29, 1.82) is 10.8 Å². The minimum Gasteiger partial charge on any atom is -0.497 e. The Morgan fingerprint density at radius 3 is 1.36 bits per heavy atom. The van der Waals surface area contributed by atoms with Gasteiger partial charge in [0.1, 0.15) is 23.2 Å². The van der Waals surface area contributed by atoms with E-state index in [0.717, 1.165) is 33.6 Å². The number of ether oxygens (including phenoxy) is 2. The molecule has 0 atom stereocenters. The molecule has 0 bridgehead atoms. The Labute approximate surface area is 243 Å². The Morgan fingerprint density at radius 2 is 1.02 bits per heavy atom. The summed E-state index contributed by atoms with van der Waals surface area (Å²) in [5.74, 6) is 1.32. The van der Waals surface area contributed by atoms with Crippen LogP contribution in [0.25, 0.3) is 22.5 Å². The molecule has 42 heavy (non-hydrogen) atoms. The molecule has 0 saturated carbocycles. The van der Waals surface area contributed by atoms with Crippen LogP contribution in [0.4, 0.5) is 0 Å². The number of aromatic nitrogens is 2. The molecule has 0 aliphatic heterocycles. The third-order valence-corrected chi connectivity index (χ3v) is 7.11. The monoisotopic (exact) mass is 560 g/mol. The van der Waals surface area contributed by atoms with Gasteiger partial charge in [-0.05, 0) is 71.8 Å². The van der Waals surface area contributed by atoms with Gasteiger partial charge in [-0.2, -0.15) is 0 Å². The zero-order valence-electron chi connectivity index (χ0n) is 23.4. The van der Waals surface area contributed by atoms with E-state index in [4.69, 9.17) is 31.8 Å². The number of nitrogens with one attached hydrogen (secondary N) is 2. The number of imidazole rings is 1. The first-order valence-corrected chi connectivity index (χ1v) is 13.3. The first kappa shape index (κ1) is 28.0. The van der Waals surface area contributed by atoms with E-state index in [1.54, 1.807) is 35.5 Å². The summed E-state index contributed by atoms with van der Waals surface area (Å²) < 4.78 is 14.3. The van der Waals surface area contributed by atoms with Gasteiger partial charge in [-0.25, -0.2) is 4.79 Å². The number of hydrogen-bond donors (Lipinski definition) is 4. The van der Waals surface area contributed by atoms with Crippen molar-refractivity contribution < 1.29 is 9.47 Å². The van der Waals surface area contributed by atoms with Gasteiger partial charge in [0, 0.05) is 22.3 Å². The number of amidine groups is 2. The molecule has 6 N–H and O–H groups in total. The third kappa shape index (κ3) is 5.66. The molecular weight excluding hydrogens is 528 g/mol. The molecule has 5 aromatic rings. The quantitative estimate of drug-likeness (QED) is 0.145. The first-order chi connectivity index (χ1) is 20.3. The fourth-order valence-corrected chi connectivity index (χ4v) is 5.01. The van der Waals surface area contributed by atoms with E-state index < -0.39 is 0 Å². The van der Waals surface area contributed by atoms with E-state index >= 15 is 0 Å². The lowest BCUT2D eigenvalue weighted by Gasteiger charge is -2.13. The molecule has 0 fully saturated rings. The maximum atomic E-state index is 14.4. The fraction of sp³-hybridized carbons (Fsp3) is 0.121. The Kier molecular flexibility index (Phi) is 7.92. The van der Waals surface area contributed by atoms with Gasteiger partial charge in [0.25, 0.3) is 0 Å². The molecule has 1 aromatic heterocycles. The van der Waals surface area contributed by atoms with Crippen molar-refractivity contribution in [1.82, 2.24) is 9.13 Å². The zero-order chi connectivity index (χ0) is 29.8. The Hall–Kier alpha value is -5.57. The minimum atomic E-state index is -0.215. The van der Waals surface area contributed by atoms with E-state index in [9.17, 15) is 4.79 Å². The van der Waals surface area contributed by atoms with Crippen molar-refractivity contribution in [3.05, 3.63) is 130 Å². The molecule has 9 nitrogen and oxygen atoms in total. The first-order valence-electron chi connectivity index (χ1n) is 13.3. The highest BCUT2D eigenvalue weighted by Gasteiger charge is 2.24. The van der Waals surface area contributed by atoms with E-state index in [1.807, 2.05) is 84.9 Å². The molecule has 0 aliphatic rings. The number of nitrogens with zero attached hydrogens (tertiary/aromatic N) is 2. The van der Waals surface area contributed by atoms with Gasteiger partial charge in [-0.15, -0.1) is 0 Å². The molecule has 0 spiro atoms. The second-order valence-corrected chi connectivity index (χ2v) is 9.84. The van der Waals surface area contributed by atoms with E-state index in [1.165, 1.54) is 0 Å². The van der Waals surface area contributed by atoms with Crippen molar-refractivity contribution in [2.75, 3.05) is 14.2 Å². The normalized spacial score (nSPS) is 10.8. The number of methoxy groups -OCH3 is 2. The van der Waals surface area contributed by atoms with Crippen LogP contribution < -0.4 is 26.6 Å². The second kappa shape index (κ2) is 11.9. The molecule has 4 aromatic carbocycles. The van der Waals surface area contributed by atoms with Crippen LogP contribution >= 0.6 is 0 Å². The van der Waals surface area contributed by atoms with Crippen LogP contribution in [-0.2, 0) is 13.1 Å². The van der Waals surface area contributed by atoms with Crippen LogP contribution in [0.3, 0.4) is 0 Å². The molecule has 5 rings (SSSR count). The summed E-state index contributed by atoms with van der Waals surface area (Å²) in [6, 6.07) is 29.9. The van der Waals surface area contributed by atoms with Crippen molar-refractivity contribution in [2.45, 2.75) is 13.1 Å². The van der Waals surface area contributed by atoms with Crippen molar-refractivity contribution in [3.8, 4) is 34.0 Å². The topological polar surface area (TPSA) is 145 Å². The predicted octanol–water partition coefficient (Wildman–Crippen LogP) is 4.67. The number of nitrogen functional groups attached to an aromatic ring is 2. The maximum absolute atomic E-state index is 14.4. The summed E-state index contributed by atoms with van der Waals surface area (Å²) in [6.45, 7) is 0.510. The van der Waals surface area contributed by atoms with Crippen LogP contribution in [0.5, 0.6) is 11.5 Å². The van der Waals surface area contributed by atoms with Gasteiger partial charge in [0.15, 0.2) is 0 Å². The summed E-state index contributed by atoms with van der Waals surface area (Å²) in [5.41, 5.74) is 17.3. The molecule has 212 valence electrons. The van der Waals surface area contributed by atoms with Gasteiger partial charge >= 0.3 is 5.69 Å². The predicted molar refractivity (Wildman–Crippen MR) is 166 cm³/mol. The van der Waals surface area contributed by atoms with Crippen LogP contribution in [0, 0.1) is 10.8 Å². The molecule has 9 heteroatoms. The lowest BCUT2D eigenvalue weighted by Crippen LogP contribution is -2.26. The number of rotatable bonds is 10. The highest BCUT2D eigenvalue weighted by molar-refractivity contribution is 5.95. The SMILES string of the molecule is COc1ccc(-c2c(-c3ccc(OC)cc3)n(Cc3cccc(C(=N)N)c3)c(=O)n2Cc2cccc(C(=N)N)c2)cc1. The molecule has 0 unspecified atom stereocenters. The average molecular weight is 561 g/mol. The molecule has 0 amide bonds. The van der Waals surface area contributed by atoms with Gasteiger partial charge in [-0.1, -0.05) is 36.4 Å². The molecular formula is C33H32N6O3. The lowest BCUT2D eigenvalue weighted by molar-refractivity contribution is 0.414. The largest absolute Gasteiger partial charge is 0.497 e. The molecule has 0 saturated heterocycles.